The van der Waals surface area contributed by atoms with Gasteiger partial charge in [-0.1, -0.05) is 12.1 Å². The minimum atomic E-state index is -0.297. The molecule has 1 unspecified atom stereocenters. The Labute approximate surface area is 90.6 Å². The molecule has 1 heterocycles. The molecule has 70 valence electrons. The fourth-order valence-electron chi connectivity index (χ4n) is 1.64. The number of nitrogens with one attached hydrogen (secondary N) is 1. The maximum absolute atomic E-state index is 11.4. The highest BCUT2D eigenvalue weighted by atomic mass is 27.0. The van der Waals surface area contributed by atoms with Gasteiger partial charge < -0.3 is 10.4 Å². The third kappa shape index (κ3) is 1.69. The molecular weight excluding hydrogens is 193 g/mol. The molecule has 0 saturated carbocycles. The second-order valence-corrected chi connectivity index (χ2v) is 4.16. The highest BCUT2D eigenvalue weighted by Gasteiger charge is 2.24. The van der Waals surface area contributed by atoms with Crippen molar-refractivity contribution in [2.45, 2.75) is 6.42 Å². The van der Waals surface area contributed by atoms with Crippen LogP contribution in [0.3, 0.4) is 0 Å². The van der Waals surface area contributed by atoms with Gasteiger partial charge >= 0.3 is 0 Å². The van der Waals surface area contributed by atoms with Crippen molar-refractivity contribution in [3.05, 3.63) is 23.8 Å². The van der Waals surface area contributed by atoms with Crippen molar-refractivity contribution in [3.8, 4) is 0 Å². The summed E-state index contributed by atoms with van der Waals surface area (Å²) in [5.41, 5.74) is 1.96. The smallest absolute Gasteiger partial charge is 0.230 e. The third-order valence-corrected chi connectivity index (χ3v) is 2.80. The molecule has 1 aromatic carbocycles. The van der Waals surface area contributed by atoms with Crippen molar-refractivity contribution in [1.29, 1.82) is 0 Å². The van der Waals surface area contributed by atoms with E-state index < -0.39 is 0 Å². The lowest BCUT2D eigenvalue weighted by Crippen LogP contribution is -2.32. The van der Waals surface area contributed by atoms with E-state index in [1.807, 2.05) is 18.2 Å². The number of rotatable bonds is 1. The number of carbonyl (C=O) groups is 1. The summed E-state index contributed by atoms with van der Waals surface area (Å²) in [7, 11) is 0. The Hall–Kier alpha value is -0.818. The first-order chi connectivity index (χ1) is 6.70. The lowest BCUT2D eigenvalue weighted by Gasteiger charge is -2.23. The van der Waals surface area contributed by atoms with E-state index in [0.717, 1.165) is 15.7 Å². The van der Waals surface area contributed by atoms with E-state index in [1.165, 1.54) is 0 Å². The van der Waals surface area contributed by atoms with Gasteiger partial charge in [0.25, 0.3) is 0 Å². The number of benzene rings is 1. The van der Waals surface area contributed by atoms with E-state index in [-0.39, 0.29) is 18.4 Å². The average molecular weight is 203 g/mol. The molecule has 0 aliphatic carbocycles. The van der Waals surface area contributed by atoms with Crippen molar-refractivity contribution < 1.29 is 9.90 Å². The van der Waals surface area contributed by atoms with E-state index >= 15 is 0 Å². The van der Waals surface area contributed by atoms with Gasteiger partial charge in [0.15, 0.2) is 16.3 Å². The molecule has 1 aliphatic rings. The monoisotopic (exact) mass is 203 g/mol. The van der Waals surface area contributed by atoms with Crippen molar-refractivity contribution in [2.24, 2.45) is 5.92 Å². The molecule has 0 aromatic heterocycles. The van der Waals surface area contributed by atoms with Crippen LogP contribution in [0.4, 0.5) is 5.69 Å². The Kier molecular flexibility index (Phi) is 2.60. The first-order valence-electron chi connectivity index (χ1n) is 4.51. The number of aliphatic hydroxyl groups is 1. The van der Waals surface area contributed by atoms with Gasteiger partial charge in [0.05, 0.1) is 12.5 Å². The van der Waals surface area contributed by atoms with Crippen molar-refractivity contribution in [3.63, 3.8) is 0 Å². The first-order valence-corrected chi connectivity index (χ1v) is 5.08. The summed E-state index contributed by atoms with van der Waals surface area (Å²) in [5.74, 6) is -0.384. The van der Waals surface area contributed by atoms with E-state index in [0.29, 0.717) is 6.42 Å². The van der Waals surface area contributed by atoms with Gasteiger partial charge in [0, 0.05) is 5.69 Å². The maximum atomic E-state index is 11.4. The summed E-state index contributed by atoms with van der Waals surface area (Å²) < 4.78 is 1.09. The van der Waals surface area contributed by atoms with Crippen molar-refractivity contribution in [2.75, 3.05) is 11.9 Å². The Morgan fingerprint density at radius 1 is 1.57 bits per heavy atom. The maximum Gasteiger partial charge on any atom is 0.230 e. The van der Waals surface area contributed by atoms with Crippen LogP contribution in [0, 0.1) is 5.92 Å². The number of carbonyl (C=O) groups excluding carboxylic acids is 1. The van der Waals surface area contributed by atoms with Gasteiger partial charge in [0.2, 0.25) is 5.91 Å². The van der Waals surface area contributed by atoms with Crippen LogP contribution >= 0.6 is 0 Å². The van der Waals surface area contributed by atoms with Crippen LogP contribution in [0.5, 0.6) is 0 Å². The van der Waals surface area contributed by atoms with Gasteiger partial charge in [-0.05, 0) is 18.1 Å². The number of hydrogen-bond acceptors (Lipinski definition) is 2. The highest BCUT2D eigenvalue weighted by Crippen LogP contribution is 2.23. The normalized spacial score (nSPS) is 20.1. The SMILES string of the molecule is O=C1Nc2cc[c]([Al])cc2CC1CO. The molecule has 1 aromatic rings. The number of hydrogen-bond donors (Lipinski definition) is 2. The summed E-state index contributed by atoms with van der Waals surface area (Å²) in [6.07, 6.45) is 0.625. The molecule has 1 amide bonds. The van der Waals surface area contributed by atoms with Crippen LogP contribution in [-0.4, -0.2) is 33.9 Å². The van der Waals surface area contributed by atoms with Gasteiger partial charge in [-0.3, -0.25) is 4.79 Å². The third-order valence-electron chi connectivity index (χ3n) is 2.44. The predicted molar refractivity (Wildman–Crippen MR) is 54.7 cm³/mol. The highest BCUT2D eigenvalue weighted by molar-refractivity contribution is 6.32. The number of aliphatic hydroxyl groups excluding tert-OH is 1. The molecule has 0 spiro atoms. The summed E-state index contributed by atoms with van der Waals surface area (Å²) in [4.78, 5) is 11.4. The molecule has 3 nitrogen and oxygen atoms in total. The van der Waals surface area contributed by atoms with E-state index in [4.69, 9.17) is 5.11 Å². The standard InChI is InChI=1S/C10H10NO2.Al/c12-6-8-5-7-3-1-2-4-9(7)11-10(8)13;/h2-4,8,12H,5-6H2,(H,11,13);. The quantitative estimate of drug-likeness (QED) is 0.609. The molecule has 4 heteroatoms. The Balaban J connectivity index is 2.36. The van der Waals surface area contributed by atoms with Gasteiger partial charge in [-0.25, -0.2) is 0 Å². The Bertz CT molecular complexity index is 378. The zero-order chi connectivity index (χ0) is 10.1. The second-order valence-electron chi connectivity index (χ2n) is 3.49. The van der Waals surface area contributed by atoms with Crippen molar-refractivity contribution in [1.82, 2.24) is 0 Å². The molecule has 0 fully saturated rings. The molecule has 1 aliphatic heterocycles. The summed E-state index contributed by atoms with van der Waals surface area (Å²) >= 11 is 2.62. The molecule has 2 rings (SSSR count). The van der Waals surface area contributed by atoms with Crippen LogP contribution in [0.25, 0.3) is 0 Å². The molecule has 0 bridgehead atoms. The summed E-state index contributed by atoms with van der Waals surface area (Å²) in [6.45, 7) is -0.0909. The lowest BCUT2D eigenvalue weighted by molar-refractivity contribution is -0.121. The molecule has 0 saturated heterocycles. The minimum Gasteiger partial charge on any atom is -0.396 e. The number of fused-ring (bicyclic) bond motifs is 1. The zero-order valence-corrected chi connectivity index (χ0v) is 8.81. The Morgan fingerprint density at radius 3 is 3.07 bits per heavy atom. The van der Waals surface area contributed by atoms with E-state index in [9.17, 15) is 4.79 Å². The second kappa shape index (κ2) is 3.74. The van der Waals surface area contributed by atoms with Crippen LogP contribution < -0.4 is 9.74 Å². The van der Waals surface area contributed by atoms with Gasteiger partial charge in [-0.2, -0.15) is 0 Å². The fourth-order valence-corrected chi connectivity index (χ4v) is 1.94. The predicted octanol–water partition coefficient (Wildman–Crippen LogP) is -0.417. The Morgan fingerprint density at radius 2 is 2.36 bits per heavy atom. The molecule has 2 N–H and O–H groups in total. The van der Waals surface area contributed by atoms with E-state index in [1.54, 1.807) is 0 Å². The molecule has 1 atom stereocenters. The average Bonchev–Trinajstić information content (AvgIpc) is 2.17. The topological polar surface area (TPSA) is 49.3 Å². The minimum absolute atomic E-state index is 0.0866. The van der Waals surface area contributed by atoms with Gasteiger partial charge in [-0.15, -0.1) is 4.43 Å². The number of anilines is 1. The fraction of sp³-hybridized carbons (Fsp3) is 0.300. The molecule has 2 radical (unpaired) electrons. The summed E-state index contributed by atoms with van der Waals surface area (Å²) in [6, 6.07) is 5.84. The van der Waals surface area contributed by atoms with Gasteiger partial charge in [0.1, 0.15) is 0 Å². The first kappa shape index (κ1) is 9.73. The zero-order valence-electron chi connectivity index (χ0n) is 7.66. The number of amides is 1. The van der Waals surface area contributed by atoms with Crippen LogP contribution in [0.2, 0.25) is 0 Å². The van der Waals surface area contributed by atoms with E-state index in [2.05, 4.69) is 21.6 Å². The lowest BCUT2D eigenvalue weighted by atomic mass is 9.94. The molecular formula is C10H10AlNO2. The van der Waals surface area contributed by atoms with Crippen LogP contribution in [0.15, 0.2) is 18.2 Å². The van der Waals surface area contributed by atoms with Crippen LogP contribution in [0.1, 0.15) is 5.56 Å². The largest absolute Gasteiger partial charge is 0.396 e. The van der Waals surface area contributed by atoms with Crippen LogP contribution in [-0.2, 0) is 11.2 Å². The van der Waals surface area contributed by atoms with Crippen molar-refractivity contribution >= 4 is 32.3 Å². The molecule has 14 heavy (non-hydrogen) atoms. The summed E-state index contributed by atoms with van der Waals surface area (Å²) in [5, 5.41) is 11.8.